The molecular formula is C12H20N2O4. The standard InChI is InChI=1S/C12H20N2O4/c1-2-18-11(16)6-5-10(15)14-7-3-4-9(8-14)12(13)17/h9H,2-8H2,1H3,(H2,13,17). The van der Waals surface area contributed by atoms with Crippen LogP contribution in [0.3, 0.4) is 0 Å². The molecule has 0 radical (unpaired) electrons. The first-order valence-electron chi connectivity index (χ1n) is 6.27. The number of nitrogens with zero attached hydrogens (tertiary/aromatic N) is 1. The molecule has 2 N–H and O–H groups in total. The van der Waals surface area contributed by atoms with Crippen LogP contribution in [0.2, 0.25) is 0 Å². The number of primary amides is 1. The van der Waals surface area contributed by atoms with Crippen molar-refractivity contribution >= 4 is 17.8 Å². The zero-order valence-corrected chi connectivity index (χ0v) is 10.7. The van der Waals surface area contributed by atoms with Gasteiger partial charge in [-0.15, -0.1) is 0 Å². The Morgan fingerprint density at radius 1 is 1.33 bits per heavy atom. The van der Waals surface area contributed by atoms with Crippen LogP contribution in [-0.2, 0) is 19.1 Å². The summed E-state index contributed by atoms with van der Waals surface area (Å²) in [5.74, 6) is -1.11. The van der Waals surface area contributed by atoms with E-state index < -0.39 is 0 Å². The number of ether oxygens (including phenoxy) is 1. The van der Waals surface area contributed by atoms with Crippen molar-refractivity contribution in [1.29, 1.82) is 0 Å². The monoisotopic (exact) mass is 256 g/mol. The van der Waals surface area contributed by atoms with E-state index in [2.05, 4.69) is 0 Å². The van der Waals surface area contributed by atoms with Crippen LogP contribution < -0.4 is 5.73 Å². The number of amides is 2. The lowest BCUT2D eigenvalue weighted by molar-refractivity contribution is -0.146. The lowest BCUT2D eigenvalue weighted by atomic mass is 9.97. The molecule has 1 rings (SSSR count). The normalized spacial score (nSPS) is 19.4. The smallest absolute Gasteiger partial charge is 0.306 e. The van der Waals surface area contributed by atoms with Crippen LogP contribution in [0.4, 0.5) is 0 Å². The van der Waals surface area contributed by atoms with E-state index in [1.54, 1.807) is 11.8 Å². The van der Waals surface area contributed by atoms with E-state index in [9.17, 15) is 14.4 Å². The molecule has 1 atom stereocenters. The van der Waals surface area contributed by atoms with Gasteiger partial charge in [-0.25, -0.2) is 0 Å². The molecule has 0 aromatic heterocycles. The Balaban J connectivity index is 2.37. The fraction of sp³-hybridized carbons (Fsp3) is 0.750. The van der Waals surface area contributed by atoms with Crippen LogP contribution in [-0.4, -0.2) is 42.4 Å². The maximum Gasteiger partial charge on any atom is 0.306 e. The molecule has 1 heterocycles. The molecule has 102 valence electrons. The van der Waals surface area contributed by atoms with Crippen molar-refractivity contribution in [3.63, 3.8) is 0 Å². The zero-order valence-electron chi connectivity index (χ0n) is 10.7. The van der Waals surface area contributed by atoms with E-state index in [-0.39, 0.29) is 36.5 Å². The summed E-state index contributed by atoms with van der Waals surface area (Å²) in [4.78, 5) is 35.7. The lowest BCUT2D eigenvalue weighted by Gasteiger charge is -2.31. The third kappa shape index (κ3) is 4.35. The first kappa shape index (κ1) is 14.5. The minimum Gasteiger partial charge on any atom is -0.466 e. The maximum absolute atomic E-state index is 11.8. The SMILES string of the molecule is CCOC(=O)CCC(=O)N1CCCC(C(N)=O)C1. The highest BCUT2D eigenvalue weighted by molar-refractivity contribution is 5.82. The summed E-state index contributed by atoms with van der Waals surface area (Å²) in [6.07, 6.45) is 1.73. The first-order chi connectivity index (χ1) is 8.54. The van der Waals surface area contributed by atoms with Gasteiger partial charge in [-0.3, -0.25) is 14.4 Å². The van der Waals surface area contributed by atoms with Gasteiger partial charge in [0.2, 0.25) is 11.8 Å². The van der Waals surface area contributed by atoms with Crippen LogP contribution in [0.25, 0.3) is 0 Å². The van der Waals surface area contributed by atoms with Crippen molar-refractivity contribution in [3.05, 3.63) is 0 Å². The largest absolute Gasteiger partial charge is 0.466 e. The van der Waals surface area contributed by atoms with Gasteiger partial charge in [-0.1, -0.05) is 0 Å². The Bertz CT molecular complexity index is 330. The first-order valence-corrected chi connectivity index (χ1v) is 6.27. The topological polar surface area (TPSA) is 89.7 Å². The number of likely N-dealkylation sites (tertiary alicyclic amines) is 1. The van der Waals surface area contributed by atoms with E-state index in [1.807, 2.05) is 0 Å². The number of nitrogens with two attached hydrogens (primary N) is 1. The molecule has 0 aromatic rings. The molecule has 1 aliphatic rings. The average Bonchev–Trinajstić information content (AvgIpc) is 2.36. The van der Waals surface area contributed by atoms with Crippen LogP contribution in [0.1, 0.15) is 32.6 Å². The predicted octanol–water partition coefficient (Wildman–Crippen LogP) is 0.0536. The van der Waals surface area contributed by atoms with Gasteiger partial charge in [-0.05, 0) is 19.8 Å². The Morgan fingerprint density at radius 3 is 2.67 bits per heavy atom. The summed E-state index contributed by atoms with van der Waals surface area (Å²) in [5, 5.41) is 0. The summed E-state index contributed by atoms with van der Waals surface area (Å²) in [6, 6.07) is 0. The van der Waals surface area contributed by atoms with E-state index in [0.717, 1.165) is 12.8 Å². The van der Waals surface area contributed by atoms with E-state index >= 15 is 0 Å². The number of carbonyl (C=O) groups is 3. The fourth-order valence-corrected chi connectivity index (χ4v) is 2.04. The number of piperidine rings is 1. The fourth-order valence-electron chi connectivity index (χ4n) is 2.04. The highest BCUT2D eigenvalue weighted by atomic mass is 16.5. The van der Waals surface area contributed by atoms with E-state index in [1.165, 1.54) is 0 Å². The molecule has 0 aliphatic carbocycles. The molecule has 1 fully saturated rings. The van der Waals surface area contributed by atoms with Crippen LogP contribution in [0, 0.1) is 5.92 Å². The van der Waals surface area contributed by atoms with Gasteiger partial charge in [0.25, 0.3) is 0 Å². The van der Waals surface area contributed by atoms with Crippen molar-refractivity contribution in [2.24, 2.45) is 11.7 Å². The van der Waals surface area contributed by atoms with Crippen LogP contribution in [0.5, 0.6) is 0 Å². The summed E-state index contributed by atoms with van der Waals surface area (Å²) in [7, 11) is 0. The molecule has 2 amide bonds. The van der Waals surface area contributed by atoms with Gasteiger partial charge >= 0.3 is 5.97 Å². The summed E-state index contributed by atoms with van der Waals surface area (Å²) in [5.41, 5.74) is 5.24. The van der Waals surface area contributed by atoms with Crippen LogP contribution in [0.15, 0.2) is 0 Å². The molecule has 1 saturated heterocycles. The minimum absolute atomic E-state index is 0.0877. The van der Waals surface area contributed by atoms with Crippen molar-refractivity contribution in [2.45, 2.75) is 32.6 Å². The van der Waals surface area contributed by atoms with Crippen molar-refractivity contribution in [1.82, 2.24) is 4.90 Å². The maximum atomic E-state index is 11.8. The van der Waals surface area contributed by atoms with Gasteiger partial charge in [0.05, 0.1) is 18.9 Å². The van der Waals surface area contributed by atoms with Crippen molar-refractivity contribution in [2.75, 3.05) is 19.7 Å². The molecule has 6 nitrogen and oxygen atoms in total. The van der Waals surface area contributed by atoms with Crippen molar-refractivity contribution < 1.29 is 19.1 Å². The second-order valence-corrected chi connectivity index (χ2v) is 4.39. The van der Waals surface area contributed by atoms with E-state index in [4.69, 9.17) is 10.5 Å². The van der Waals surface area contributed by atoms with Gasteiger partial charge in [0.15, 0.2) is 0 Å². The second kappa shape index (κ2) is 6.98. The van der Waals surface area contributed by atoms with Gasteiger partial charge in [-0.2, -0.15) is 0 Å². The Morgan fingerprint density at radius 2 is 2.06 bits per heavy atom. The lowest BCUT2D eigenvalue weighted by Crippen LogP contribution is -2.44. The third-order valence-electron chi connectivity index (χ3n) is 3.02. The molecule has 6 heteroatoms. The van der Waals surface area contributed by atoms with Crippen molar-refractivity contribution in [3.8, 4) is 0 Å². The summed E-state index contributed by atoms with van der Waals surface area (Å²) >= 11 is 0. The highest BCUT2D eigenvalue weighted by Gasteiger charge is 2.26. The number of carbonyl (C=O) groups excluding carboxylic acids is 3. The molecule has 18 heavy (non-hydrogen) atoms. The second-order valence-electron chi connectivity index (χ2n) is 4.39. The minimum atomic E-state index is -0.366. The zero-order chi connectivity index (χ0) is 13.5. The number of hydrogen-bond donors (Lipinski definition) is 1. The molecule has 0 spiro atoms. The molecular weight excluding hydrogens is 236 g/mol. The molecule has 0 bridgehead atoms. The summed E-state index contributed by atoms with van der Waals surface area (Å²) < 4.78 is 4.76. The number of hydrogen-bond acceptors (Lipinski definition) is 4. The van der Waals surface area contributed by atoms with Gasteiger partial charge in [0, 0.05) is 19.5 Å². The van der Waals surface area contributed by atoms with Gasteiger partial charge in [0.1, 0.15) is 0 Å². The Labute approximate surface area is 106 Å². The molecule has 0 aromatic carbocycles. The van der Waals surface area contributed by atoms with E-state index in [0.29, 0.717) is 19.7 Å². The Hall–Kier alpha value is -1.59. The highest BCUT2D eigenvalue weighted by Crippen LogP contribution is 2.17. The number of rotatable bonds is 5. The molecule has 1 aliphatic heterocycles. The quantitative estimate of drug-likeness (QED) is 0.704. The number of esters is 1. The third-order valence-corrected chi connectivity index (χ3v) is 3.02. The molecule has 1 unspecified atom stereocenters. The van der Waals surface area contributed by atoms with Gasteiger partial charge < -0.3 is 15.4 Å². The Kier molecular flexibility index (Phi) is 5.61. The molecule has 0 saturated carbocycles. The van der Waals surface area contributed by atoms with Crippen LogP contribution >= 0.6 is 0 Å². The summed E-state index contributed by atoms with van der Waals surface area (Å²) in [6.45, 7) is 3.05. The average molecular weight is 256 g/mol. The predicted molar refractivity (Wildman–Crippen MR) is 64.4 cm³/mol.